The number of hydrogen-bond donors (Lipinski definition) is 2. The van der Waals surface area contributed by atoms with E-state index in [1.165, 1.54) is 22.8 Å². The van der Waals surface area contributed by atoms with Crippen molar-refractivity contribution in [1.82, 2.24) is 0 Å². The van der Waals surface area contributed by atoms with Crippen LogP contribution in [0.1, 0.15) is 50.3 Å². The van der Waals surface area contributed by atoms with Gasteiger partial charge >= 0.3 is 0 Å². The summed E-state index contributed by atoms with van der Waals surface area (Å²) in [5, 5.41) is 20.2. The van der Waals surface area contributed by atoms with Crippen molar-refractivity contribution in [1.29, 1.82) is 0 Å². The van der Waals surface area contributed by atoms with Gasteiger partial charge in [0.1, 0.15) is 11.5 Å². The topological polar surface area (TPSA) is 40.5 Å². The Labute approximate surface area is 157 Å². The van der Waals surface area contributed by atoms with Crippen molar-refractivity contribution in [3.05, 3.63) is 82.5 Å². The number of aryl methyl sites for hydroxylation is 2. The van der Waals surface area contributed by atoms with Crippen molar-refractivity contribution in [2.24, 2.45) is 0 Å². The van der Waals surface area contributed by atoms with Gasteiger partial charge in [0.15, 0.2) is 0 Å². The molecular formula is C24H30O2. The summed E-state index contributed by atoms with van der Waals surface area (Å²) in [6.07, 6.45) is 8.90. The van der Waals surface area contributed by atoms with Gasteiger partial charge in [0.25, 0.3) is 0 Å². The number of phenolic OH excluding ortho intramolecular Hbond substituents is 2. The van der Waals surface area contributed by atoms with Gasteiger partial charge in [-0.25, -0.2) is 0 Å². The lowest BCUT2D eigenvalue weighted by Gasteiger charge is -2.12. The third-order valence-corrected chi connectivity index (χ3v) is 4.58. The molecule has 0 saturated carbocycles. The van der Waals surface area contributed by atoms with Crippen molar-refractivity contribution in [3.8, 4) is 11.5 Å². The standard InChI is InChI=1S/C24H30O2/c1-18(2)8-7-9-19(3)12-15-23-21(16-22(25)17-24(23)26)14-13-20-10-5-4-6-11-20/h4-6,8,10-12,16-17,25-26H,7,9,13-15H2,1-3H3/b19-12+. The Hall–Kier alpha value is -2.48. The van der Waals surface area contributed by atoms with Crippen LogP contribution in [-0.4, -0.2) is 10.2 Å². The molecule has 2 N–H and O–H groups in total. The summed E-state index contributed by atoms with van der Waals surface area (Å²) in [5.74, 6) is 0.306. The van der Waals surface area contributed by atoms with Crippen LogP contribution < -0.4 is 0 Å². The molecule has 26 heavy (non-hydrogen) atoms. The molecule has 2 heteroatoms. The molecule has 0 atom stereocenters. The highest BCUT2D eigenvalue weighted by Gasteiger charge is 2.10. The van der Waals surface area contributed by atoms with Gasteiger partial charge in [-0.3, -0.25) is 0 Å². The van der Waals surface area contributed by atoms with Gasteiger partial charge in [0.2, 0.25) is 0 Å². The first-order chi connectivity index (χ1) is 12.5. The number of rotatable bonds is 8. The molecule has 138 valence electrons. The molecule has 0 aliphatic rings. The summed E-state index contributed by atoms with van der Waals surface area (Å²) < 4.78 is 0. The maximum absolute atomic E-state index is 10.3. The molecule has 0 amide bonds. The number of hydrogen-bond acceptors (Lipinski definition) is 2. The summed E-state index contributed by atoms with van der Waals surface area (Å²) in [6.45, 7) is 6.37. The van der Waals surface area contributed by atoms with Gasteiger partial charge in [-0.15, -0.1) is 0 Å². The first-order valence-electron chi connectivity index (χ1n) is 9.32. The van der Waals surface area contributed by atoms with Gasteiger partial charge in [-0.2, -0.15) is 0 Å². The van der Waals surface area contributed by atoms with Crippen LogP contribution in [0.4, 0.5) is 0 Å². The molecule has 2 aromatic rings. The highest BCUT2D eigenvalue weighted by molar-refractivity contribution is 5.46. The summed E-state index contributed by atoms with van der Waals surface area (Å²) in [6, 6.07) is 13.5. The molecule has 0 radical (unpaired) electrons. The average molecular weight is 351 g/mol. The summed E-state index contributed by atoms with van der Waals surface area (Å²) in [5.41, 5.74) is 5.86. The van der Waals surface area contributed by atoms with E-state index in [9.17, 15) is 10.2 Å². The molecule has 0 aliphatic carbocycles. The van der Waals surface area contributed by atoms with Gasteiger partial charge in [0.05, 0.1) is 0 Å². The van der Waals surface area contributed by atoms with Crippen molar-refractivity contribution in [2.45, 2.75) is 52.9 Å². The number of benzene rings is 2. The van der Waals surface area contributed by atoms with Crippen LogP contribution in [0.25, 0.3) is 0 Å². The predicted molar refractivity (Wildman–Crippen MR) is 110 cm³/mol. The quantitative estimate of drug-likeness (QED) is 0.563. The highest BCUT2D eigenvalue weighted by atomic mass is 16.3. The summed E-state index contributed by atoms with van der Waals surface area (Å²) in [7, 11) is 0. The van der Waals surface area contributed by atoms with Crippen molar-refractivity contribution in [3.63, 3.8) is 0 Å². The molecule has 0 bridgehead atoms. The first-order valence-corrected chi connectivity index (χ1v) is 9.32. The zero-order chi connectivity index (χ0) is 18.9. The van der Waals surface area contributed by atoms with Gasteiger partial charge in [-0.05, 0) is 70.1 Å². The fourth-order valence-electron chi connectivity index (χ4n) is 3.05. The van der Waals surface area contributed by atoms with E-state index in [-0.39, 0.29) is 11.5 Å². The Balaban J connectivity index is 2.10. The van der Waals surface area contributed by atoms with Crippen LogP contribution in [0, 0.1) is 0 Å². The minimum atomic E-state index is 0.124. The Morgan fingerprint density at radius 1 is 0.923 bits per heavy atom. The zero-order valence-electron chi connectivity index (χ0n) is 16.1. The lowest BCUT2D eigenvalue weighted by Crippen LogP contribution is -1.98. The van der Waals surface area contributed by atoms with Gasteiger partial charge in [0, 0.05) is 11.6 Å². The summed E-state index contributed by atoms with van der Waals surface area (Å²) in [4.78, 5) is 0. The van der Waals surface area contributed by atoms with Crippen LogP contribution in [0.5, 0.6) is 11.5 Å². The fraction of sp³-hybridized carbons (Fsp3) is 0.333. The van der Waals surface area contributed by atoms with E-state index in [2.05, 4.69) is 45.1 Å². The maximum Gasteiger partial charge on any atom is 0.123 e. The Morgan fingerprint density at radius 3 is 2.35 bits per heavy atom. The Bertz CT molecular complexity index is 766. The van der Waals surface area contributed by atoms with E-state index in [1.54, 1.807) is 6.07 Å². The van der Waals surface area contributed by atoms with E-state index in [0.717, 1.165) is 36.8 Å². The predicted octanol–water partition coefficient (Wildman–Crippen LogP) is 6.12. The number of phenols is 2. The van der Waals surface area contributed by atoms with E-state index < -0.39 is 0 Å². The number of allylic oxidation sites excluding steroid dienone is 4. The second-order valence-corrected chi connectivity index (χ2v) is 7.16. The third-order valence-electron chi connectivity index (χ3n) is 4.58. The molecule has 2 aromatic carbocycles. The Morgan fingerprint density at radius 2 is 1.65 bits per heavy atom. The van der Waals surface area contributed by atoms with Crippen LogP contribution in [-0.2, 0) is 19.3 Å². The van der Waals surface area contributed by atoms with Crippen LogP contribution in [0.3, 0.4) is 0 Å². The normalized spacial score (nSPS) is 11.4. The molecular weight excluding hydrogens is 320 g/mol. The van der Waals surface area contributed by atoms with Crippen LogP contribution in [0.15, 0.2) is 65.8 Å². The largest absolute Gasteiger partial charge is 0.508 e. The molecule has 0 saturated heterocycles. The summed E-state index contributed by atoms with van der Waals surface area (Å²) >= 11 is 0. The van der Waals surface area contributed by atoms with Crippen LogP contribution >= 0.6 is 0 Å². The van der Waals surface area contributed by atoms with E-state index in [1.807, 2.05) is 18.2 Å². The lowest BCUT2D eigenvalue weighted by atomic mass is 9.95. The minimum absolute atomic E-state index is 0.124. The minimum Gasteiger partial charge on any atom is -0.508 e. The molecule has 0 aromatic heterocycles. The molecule has 2 nitrogen and oxygen atoms in total. The zero-order valence-corrected chi connectivity index (χ0v) is 16.1. The fourth-order valence-corrected chi connectivity index (χ4v) is 3.05. The molecule has 2 rings (SSSR count). The second kappa shape index (κ2) is 9.86. The highest BCUT2D eigenvalue weighted by Crippen LogP contribution is 2.29. The SMILES string of the molecule is CC(C)=CCC/C(C)=C/Cc1c(O)cc(O)cc1CCc1ccccc1. The first kappa shape index (κ1) is 19.8. The van der Waals surface area contributed by atoms with E-state index in [0.29, 0.717) is 6.42 Å². The monoisotopic (exact) mass is 350 g/mol. The Kier molecular flexibility index (Phi) is 7.53. The smallest absolute Gasteiger partial charge is 0.123 e. The molecule has 0 heterocycles. The van der Waals surface area contributed by atoms with Gasteiger partial charge in [-0.1, -0.05) is 53.6 Å². The van der Waals surface area contributed by atoms with Crippen molar-refractivity contribution < 1.29 is 10.2 Å². The van der Waals surface area contributed by atoms with E-state index >= 15 is 0 Å². The molecule has 0 aliphatic heterocycles. The second-order valence-electron chi connectivity index (χ2n) is 7.16. The van der Waals surface area contributed by atoms with Gasteiger partial charge < -0.3 is 10.2 Å². The molecule has 0 spiro atoms. The average Bonchev–Trinajstić information content (AvgIpc) is 2.59. The van der Waals surface area contributed by atoms with E-state index in [4.69, 9.17) is 0 Å². The maximum atomic E-state index is 10.3. The molecule has 0 fully saturated rings. The van der Waals surface area contributed by atoms with Crippen molar-refractivity contribution >= 4 is 0 Å². The lowest BCUT2D eigenvalue weighted by molar-refractivity contribution is 0.445. The molecule has 0 unspecified atom stereocenters. The number of aromatic hydroxyl groups is 2. The van der Waals surface area contributed by atoms with Crippen molar-refractivity contribution in [2.75, 3.05) is 0 Å². The van der Waals surface area contributed by atoms with Crippen LogP contribution in [0.2, 0.25) is 0 Å². The third kappa shape index (κ3) is 6.44.